The van der Waals surface area contributed by atoms with Crippen molar-refractivity contribution in [3.63, 3.8) is 0 Å². The van der Waals surface area contributed by atoms with Crippen molar-refractivity contribution in [2.24, 2.45) is 0 Å². The smallest absolute Gasteiger partial charge is 0.279 e. The molecule has 0 aromatic heterocycles. The minimum absolute atomic E-state index is 0.253. The van der Waals surface area contributed by atoms with Crippen molar-refractivity contribution in [1.29, 1.82) is 0 Å². The van der Waals surface area contributed by atoms with Crippen LogP contribution in [0.15, 0.2) is 24.3 Å². The van der Waals surface area contributed by atoms with Crippen LogP contribution in [-0.2, 0) is 16.8 Å². The summed E-state index contributed by atoms with van der Waals surface area (Å²) in [7, 11) is -1.82. The van der Waals surface area contributed by atoms with Gasteiger partial charge in [-0.3, -0.25) is 0 Å². The van der Waals surface area contributed by atoms with E-state index < -0.39 is 10.2 Å². The summed E-state index contributed by atoms with van der Waals surface area (Å²) in [6, 6.07) is 7.43. The van der Waals surface area contributed by atoms with Gasteiger partial charge in [0.2, 0.25) is 0 Å². The van der Waals surface area contributed by atoms with Crippen molar-refractivity contribution in [1.82, 2.24) is 9.03 Å². The summed E-state index contributed by atoms with van der Waals surface area (Å²) >= 11 is 0. The van der Waals surface area contributed by atoms with Crippen LogP contribution in [0.2, 0.25) is 0 Å². The van der Waals surface area contributed by atoms with Crippen LogP contribution in [0.5, 0.6) is 5.75 Å². The zero-order valence-corrected chi connectivity index (χ0v) is 12.7. The molecular formula is C14H22N2O3S. The van der Waals surface area contributed by atoms with E-state index in [4.69, 9.17) is 4.74 Å². The fourth-order valence-electron chi connectivity index (χ4n) is 2.39. The molecule has 0 spiro atoms. The fourth-order valence-corrected chi connectivity index (χ4v) is 3.65. The summed E-state index contributed by atoms with van der Waals surface area (Å²) in [6.07, 6.45) is 4.10. The predicted octanol–water partition coefficient (Wildman–Crippen LogP) is 1.91. The molecule has 6 heteroatoms. The second kappa shape index (κ2) is 7.06. The molecule has 112 valence electrons. The zero-order valence-electron chi connectivity index (χ0n) is 11.8. The molecule has 0 amide bonds. The first-order chi connectivity index (χ1) is 9.63. The average molecular weight is 298 g/mol. The van der Waals surface area contributed by atoms with Crippen LogP contribution in [0.4, 0.5) is 0 Å². The molecule has 0 atom stereocenters. The van der Waals surface area contributed by atoms with Gasteiger partial charge < -0.3 is 4.74 Å². The Morgan fingerprint density at radius 3 is 2.45 bits per heavy atom. The highest BCUT2D eigenvalue weighted by atomic mass is 32.2. The number of hydrogen-bond acceptors (Lipinski definition) is 3. The number of rotatable bonds is 5. The molecule has 1 fully saturated rings. The highest BCUT2D eigenvalue weighted by Crippen LogP contribution is 2.18. The van der Waals surface area contributed by atoms with Gasteiger partial charge in [-0.05, 0) is 18.9 Å². The average Bonchev–Trinajstić information content (AvgIpc) is 2.75. The van der Waals surface area contributed by atoms with Crippen molar-refractivity contribution in [3.05, 3.63) is 29.8 Å². The minimum atomic E-state index is -3.40. The quantitative estimate of drug-likeness (QED) is 0.903. The summed E-state index contributed by atoms with van der Waals surface area (Å²) in [4.78, 5) is 0. The number of methoxy groups -OCH3 is 1. The van der Waals surface area contributed by atoms with Gasteiger partial charge in [0, 0.05) is 25.2 Å². The first-order valence-electron chi connectivity index (χ1n) is 7.00. The van der Waals surface area contributed by atoms with Gasteiger partial charge in [0.1, 0.15) is 5.75 Å². The lowest BCUT2D eigenvalue weighted by atomic mass is 10.2. The second-order valence-electron chi connectivity index (χ2n) is 4.95. The van der Waals surface area contributed by atoms with Crippen LogP contribution >= 0.6 is 0 Å². The minimum Gasteiger partial charge on any atom is -0.496 e. The van der Waals surface area contributed by atoms with Crippen LogP contribution in [0, 0.1) is 0 Å². The summed E-state index contributed by atoms with van der Waals surface area (Å²) in [6.45, 7) is 1.48. The predicted molar refractivity (Wildman–Crippen MR) is 78.8 cm³/mol. The molecule has 1 aromatic rings. The number of hydrogen-bond donors (Lipinski definition) is 1. The first kappa shape index (κ1) is 15.3. The molecule has 2 rings (SSSR count). The van der Waals surface area contributed by atoms with Crippen molar-refractivity contribution >= 4 is 10.2 Å². The molecule has 0 unspecified atom stereocenters. The summed E-state index contributed by atoms with van der Waals surface area (Å²) in [5.41, 5.74) is 0.841. The Labute approximate surface area is 121 Å². The molecule has 0 aliphatic carbocycles. The number of nitrogens with one attached hydrogen (secondary N) is 1. The molecule has 5 nitrogen and oxygen atoms in total. The molecule has 1 saturated heterocycles. The van der Waals surface area contributed by atoms with Gasteiger partial charge in [0.15, 0.2) is 0 Å². The van der Waals surface area contributed by atoms with E-state index in [2.05, 4.69) is 4.72 Å². The SMILES string of the molecule is COc1ccccc1CNS(=O)(=O)N1CCCCCC1. The van der Waals surface area contributed by atoms with Crippen LogP contribution in [0.3, 0.4) is 0 Å². The molecule has 1 N–H and O–H groups in total. The van der Waals surface area contributed by atoms with Gasteiger partial charge in [-0.1, -0.05) is 31.0 Å². The summed E-state index contributed by atoms with van der Waals surface area (Å²) in [5.74, 6) is 0.700. The Kier molecular flexibility index (Phi) is 5.39. The Bertz CT molecular complexity index is 523. The lowest BCUT2D eigenvalue weighted by molar-refractivity contribution is 0.404. The van der Waals surface area contributed by atoms with E-state index >= 15 is 0 Å². The van der Waals surface area contributed by atoms with Crippen molar-refractivity contribution in [2.75, 3.05) is 20.2 Å². The zero-order chi connectivity index (χ0) is 14.4. The molecule has 1 aliphatic rings. The van der Waals surface area contributed by atoms with E-state index in [9.17, 15) is 8.42 Å². The van der Waals surface area contributed by atoms with E-state index in [-0.39, 0.29) is 6.54 Å². The van der Waals surface area contributed by atoms with E-state index in [0.717, 1.165) is 31.2 Å². The van der Waals surface area contributed by atoms with E-state index in [1.807, 2.05) is 24.3 Å². The maximum Gasteiger partial charge on any atom is 0.279 e. The van der Waals surface area contributed by atoms with Crippen LogP contribution in [-0.4, -0.2) is 32.9 Å². The molecule has 0 bridgehead atoms. The van der Waals surface area contributed by atoms with Crippen LogP contribution in [0.25, 0.3) is 0 Å². The molecular weight excluding hydrogens is 276 g/mol. The van der Waals surface area contributed by atoms with E-state index in [1.54, 1.807) is 11.4 Å². The Morgan fingerprint density at radius 1 is 1.15 bits per heavy atom. The Morgan fingerprint density at radius 2 is 1.80 bits per heavy atom. The second-order valence-corrected chi connectivity index (χ2v) is 6.71. The van der Waals surface area contributed by atoms with Gasteiger partial charge >= 0.3 is 0 Å². The summed E-state index contributed by atoms with van der Waals surface area (Å²) < 4.78 is 34.0. The van der Waals surface area contributed by atoms with Crippen LogP contribution in [0.1, 0.15) is 31.2 Å². The third-order valence-electron chi connectivity index (χ3n) is 3.54. The van der Waals surface area contributed by atoms with Gasteiger partial charge in [-0.25, -0.2) is 0 Å². The standard InChI is InChI=1S/C14H22N2O3S/c1-19-14-9-5-4-8-13(14)12-15-20(17,18)16-10-6-2-3-7-11-16/h4-5,8-9,15H,2-3,6-7,10-12H2,1H3. The topological polar surface area (TPSA) is 58.6 Å². The third-order valence-corrected chi connectivity index (χ3v) is 5.10. The highest BCUT2D eigenvalue weighted by Gasteiger charge is 2.22. The summed E-state index contributed by atoms with van der Waals surface area (Å²) in [5, 5.41) is 0. The van der Waals surface area contributed by atoms with Crippen molar-refractivity contribution < 1.29 is 13.2 Å². The maximum atomic E-state index is 12.3. The lowest BCUT2D eigenvalue weighted by Crippen LogP contribution is -2.40. The van der Waals surface area contributed by atoms with Gasteiger partial charge in [-0.15, -0.1) is 0 Å². The molecule has 1 aromatic carbocycles. The van der Waals surface area contributed by atoms with Gasteiger partial charge in [0.05, 0.1) is 7.11 Å². The molecule has 0 saturated carbocycles. The number of ether oxygens (including phenoxy) is 1. The number of benzene rings is 1. The largest absolute Gasteiger partial charge is 0.496 e. The van der Waals surface area contributed by atoms with Gasteiger partial charge in [0.25, 0.3) is 10.2 Å². The Hall–Kier alpha value is -1.11. The van der Waals surface area contributed by atoms with Crippen molar-refractivity contribution in [3.8, 4) is 5.75 Å². The van der Waals surface area contributed by atoms with Crippen molar-refractivity contribution in [2.45, 2.75) is 32.2 Å². The molecule has 20 heavy (non-hydrogen) atoms. The fraction of sp³-hybridized carbons (Fsp3) is 0.571. The molecule has 1 heterocycles. The molecule has 0 radical (unpaired) electrons. The Balaban J connectivity index is 2.01. The monoisotopic (exact) mass is 298 g/mol. The number of para-hydroxylation sites is 1. The third kappa shape index (κ3) is 3.94. The molecule has 1 aliphatic heterocycles. The first-order valence-corrected chi connectivity index (χ1v) is 8.44. The van der Waals surface area contributed by atoms with Gasteiger partial charge in [-0.2, -0.15) is 17.4 Å². The normalized spacial score (nSPS) is 17.6. The maximum absolute atomic E-state index is 12.3. The number of nitrogens with zero attached hydrogens (tertiary/aromatic N) is 1. The van der Waals surface area contributed by atoms with Crippen LogP contribution < -0.4 is 9.46 Å². The highest BCUT2D eigenvalue weighted by molar-refractivity contribution is 7.87. The van der Waals surface area contributed by atoms with E-state index in [1.165, 1.54) is 0 Å². The lowest BCUT2D eigenvalue weighted by Gasteiger charge is -2.20. The van der Waals surface area contributed by atoms with E-state index in [0.29, 0.717) is 18.8 Å².